The SMILES string of the molecule is CN(C)/C=N\c1ccc(Br)cn1. The zero-order chi connectivity index (χ0) is 8.97. The van der Waals surface area contributed by atoms with E-state index in [1.54, 1.807) is 12.5 Å². The molecule has 4 heteroatoms. The molecule has 0 aliphatic rings. The molecule has 1 rings (SSSR count). The Morgan fingerprint density at radius 1 is 1.50 bits per heavy atom. The number of pyridine rings is 1. The summed E-state index contributed by atoms with van der Waals surface area (Å²) in [4.78, 5) is 10.1. The molecule has 0 aromatic carbocycles. The van der Waals surface area contributed by atoms with Gasteiger partial charge in [0.1, 0.15) is 0 Å². The van der Waals surface area contributed by atoms with Gasteiger partial charge in [-0.05, 0) is 28.1 Å². The van der Waals surface area contributed by atoms with Crippen LogP contribution in [0, 0.1) is 0 Å². The zero-order valence-electron chi connectivity index (χ0n) is 7.03. The molecule has 0 spiro atoms. The van der Waals surface area contributed by atoms with Gasteiger partial charge < -0.3 is 4.90 Å². The summed E-state index contributed by atoms with van der Waals surface area (Å²) in [5, 5.41) is 0. The molecule has 1 aromatic heterocycles. The van der Waals surface area contributed by atoms with Crippen LogP contribution in [-0.2, 0) is 0 Å². The third-order valence-electron chi connectivity index (χ3n) is 1.13. The third-order valence-corrected chi connectivity index (χ3v) is 1.60. The van der Waals surface area contributed by atoms with Gasteiger partial charge in [0.05, 0.1) is 6.34 Å². The Bertz CT molecular complexity index is 266. The second-order valence-corrected chi connectivity index (χ2v) is 3.46. The predicted octanol–water partition coefficient (Wildman–Crippen LogP) is 2.07. The van der Waals surface area contributed by atoms with E-state index in [1.807, 2.05) is 31.1 Å². The lowest BCUT2D eigenvalue weighted by molar-refractivity contribution is 0.643. The molecule has 1 heterocycles. The maximum absolute atomic E-state index is 4.12. The number of halogens is 1. The normalized spacial score (nSPS) is 10.6. The molecule has 3 nitrogen and oxygen atoms in total. The van der Waals surface area contributed by atoms with Crippen LogP contribution in [-0.4, -0.2) is 30.3 Å². The molecule has 0 bridgehead atoms. The summed E-state index contributed by atoms with van der Waals surface area (Å²) in [6, 6.07) is 3.76. The van der Waals surface area contributed by atoms with E-state index in [2.05, 4.69) is 25.9 Å². The van der Waals surface area contributed by atoms with Gasteiger partial charge in [0.15, 0.2) is 5.82 Å². The van der Waals surface area contributed by atoms with Crippen molar-refractivity contribution >= 4 is 28.1 Å². The Hall–Kier alpha value is -0.900. The number of aromatic nitrogens is 1. The van der Waals surface area contributed by atoms with Crippen LogP contribution >= 0.6 is 15.9 Å². The van der Waals surface area contributed by atoms with Crippen LogP contribution in [0.1, 0.15) is 0 Å². The van der Waals surface area contributed by atoms with Crippen molar-refractivity contribution in [2.75, 3.05) is 14.1 Å². The highest BCUT2D eigenvalue weighted by Crippen LogP contribution is 2.12. The van der Waals surface area contributed by atoms with Crippen molar-refractivity contribution < 1.29 is 0 Å². The fraction of sp³-hybridized carbons (Fsp3) is 0.250. The van der Waals surface area contributed by atoms with Crippen LogP contribution in [0.3, 0.4) is 0 Å². The summed E-state index contributed by atoms with van der Waals surface area (Å²) in [7, 11) is 3.84. The Morgan fingerprint density at radius 2 is 2.25 bits per heavy atom. The summed E-state index contributed by atoms with van der Waals surface area (Å²) in [6.45, 7) is 0. The lowest BCUT2D eigenvalue weighted by Gasteiger charge is -2.01. The summed E-state index contributed by atoms with van der Waals surface area (Å²) < 4.78 is 0.964. The molecule has 0 saturated carbocycles. The van der Waals surface area contributed by atoms with Crippen molar-refractivity contribution in [2.45, 2.75) is 0 Å². The van der Waals surface area contributed by atoms with E-state index in [1.165, 1.54) is 0 Å². The third kappa shape index (κ3) is 3.00. The molecule has 12 heavy (non-hydrogen) atoms. The van der Waals surface area contributed by atoms with Crippen LogP contribution in [0.15, 0.2) is 27.8 Å². The Balaban J connectivity index is 2.71. The summed E-state index contributed by atoms with van der Waals surface area (Å²) in [5.74, 6) is 0.715. The highest BCUT2D eigenvalue weighted by molar-refractivity contribution is 9.10. The van der Waals surface area contributed by atoms with Crippen LogP contribution in [0.2, 0.25) is 0 Å². The maximum Gasteiger partial charge on any atom is 0.153 e. The van der Waals surface area contributed by atoms with Crippen molar-refractivity contribution in [3.05, 3.63) is 22.8 Å². The first-order valence-electron chi connectivity index (χ1n) is 3.50. The molecule has 0 amide bonds. The number of hydrogen-bond donors (Lipinski definition) is 0. The van der Waals surface area contributed by atoms with Gasteiger partial charge in [-0.2, -0.15) is 0 Å². The van der Waals surface area contributed by atoms with Crippen molar-refractivity contribution in [1.29, 1.82) is 0 Å². The molecular formula is C8H10BrN3. The average Bonchev–Trinajstić information content (AvgIpc) is 2.03. The molecule has 0 N–H and O–H groups in total. The van der Waals surface area contributed by atoms with E-state index in [4.69, 9.17) is 0 Å². The van der Waals surface area contributed by atoms with E-state index in [0.29, 0.717) is 5.82 Å². The molecule has 0 aliphatic carbocycles. The minimum Gasteiger partial charge on any atom is -0.369 e. The zero-order valence-corrected chi connectivity index (χ0v) is 8.62. The van der Waals surface area contributed by atoms with Crippen molar-refractivity contribution in [3.63, 3.8) is 0 Å². The highest BCUT2D eigenvalue weighted by atomic mass is 79.9. The van der Waals surface area contributed by atoms with Crippen LogP contribution in [0.4, 0.5) is 5.82 Å². The predicted molar refractivity (Wildman–Crippen MR) is 53.8 cm³/mol. The first-order valence-corrected chi connectivity index (χ1v) is 4.30. The summed E-state index contributed by atoms with van der Waals surface area (Å²) in [5.41, 5.74) is 0. The smallest absolute Gasteiger partial charge is 0.153 e. The van der Waals surface area contributed by atoms with E-state index >= 15 is 0 Å². The van der Waals surface area contributed by atoms with Gasteiger partial charge in [0.25, 0.3) is 0 Å². The molecule has 1 aromatic rings. The number of hydrogen-bond acceptors (Lipinski definition) is 2. The molecule has 64 valence electrons. The van der Waals surface area contributed by atoms with Gasteiger partial charge in [0, 0.05) is 24.8 Å². The van der Waals surface area contributed by atoms with E-state index in [-0.39, 0.29) is 0 Å². The van der Waals surface area contributed by atoms with Crippen LogP contribution in [0.25, 0.3) is 0 Å². The number of aliphatic imine (C=N–C) groups is 1. The van der Waals surface area contributed by atoms with E-state index < -0.39 is 0 Å². The molecule has 0 unspecified atom stereocenters. The maximum atomic E-state index is 4.12. The largest absolute Gasteiger partial charge is 0.369 e. The lowest BCUT2D eigenvalue weighted by atomic mass is 10.5. The van der Waals surface area contributed by atoms with Crippen molar-refractivity contribution in [3.8, 4) is 0 Å². The van der Waals surface area contributed by atoms with Crippen molar-refractivity contribution in [2.24, 2.45) is 4.99 Å². The minimum absolute atomic E-state index is 0.715. The quantitative estimate of drug-likeness (QED) is 0.572. The van der Waals surface area contributed by atoms with Gasteiger partial charge in [-0.3, -0.25) is 0 Å². The molecule has 0 saturated heterocycles. The van der Waals surface area contributed by atoms with Crippen LogP contribution in [0.5, 0.6) is 0 Å². The number of nitrogens with zero attached hydrogens (tertiary/aromatic N) is 3. The van der Waals surface area contributed by atoms with Crippen LogP contribution < -0.4 is 0 Å². The topological polar surface area (TPSA) is 28.5 Å². The lowest BCUT2D eigenvalue weighted by Crippen LogP contribution is -2.07. The fourth-order valence-electron chi connectivity index (χ4n) is 0.619. The first-order chi connectivity index (χ1) is 5.68. The van der Waals surface area contributed by atoms with Gasteiger partial charge in [-0.15, -0.1) is 0 Å². The molecule has 0 atom stereocenters. The fourth-order valence-corrected chi connectivity index (χ4v) is 0.854. The second-order valence-electron chi connectivity index (χ2n) is 2.54. The average molecular weight is 228 g/mol. The van der Waals surface area contributed by atoms with E-state index in [9.17, 15) is 0 Å². The second kappa shape index (κ2) is 4.21. The standard InChI is InChI=1S/C8H10BrN3/c1-12(2)6-11-8-4-3-7(9)5-10-8/h3-6H,1-2H3/b11-6-. The van der Waals surface area contributed by atoms with Gasteiger partial charge in [0.2, 0.25) is 0 Å². The minimum atomic E-state index is 0.715. The van der Waals surface area contributed by atoms with Gasteiger partial charge >= 0.3 is 0 Å². The Labute approximate surface area is 80.3 Å². The van der Waals surface area contributed by atoms with Crippen molar-refractivity contribution in [1.82, 2.24) is 9.88 Å². The summed E-state index contributed by atoms with van der Waals surface area (Å²) in [6.07, 6.45) is 3.44. The first kappa shape index (κ1) is 9.19. The van der Waals surface area contributed by atoms with Gasteiger partial charge in [-0.25, -0.2) is 9.98 Å². The van der Waals surface area contributed by atoms with E-state index in [0.717, 1.165) is 4.47 Å². The Kier molecular flexibility index (Phi) is 3.22. The monoisotopic (exact) mass is 227 g/mol. The number of rotatable bonds is 2. The molecule has 0 fully saturated rings. The summed E-state index contributed by atoms with van der Waals surface area (Å²) >= 11 is 3.30. The highest BCUT2D eigenvalue weighted by Gasteiger charge is 1.88. The molecule has 0 aliphatic heterocycles. The van der Waals surface area contributed by atoms with Gasteiger partial charge in [-0.1, -0.05) is 0 Å². The Morgan fingerprint density at radius 3 is 2.75 bits per heavy atom. The molecular weight excluding hydrogens is 218 g/mol. The molecule has 0 radical (unpaired) electrons.